The van der Waals surface area contributed by atoms with Crippen molar-refractivity contribution in [2.24, 2.45) is 0 Å². The van der Waals surface area contributed by atoms with Crippen LogP contribution in [0, 0.1) is 0 Å². The number of para-hydroxylation sites is 1. The predicted molar refractivity (Wildman–Crippen MR) is 94.8 cm³/mol. The third kappa shape index (κ3) is 2.70. The maximum Gasteiger partial charge on any atom is 0.261 e. The second kappa shape index (κ2) is 6.08. The van der Waals surface area contributed by atoms with E-state index in [4.69, 9.17) is 0 Å². The Kier molecular flexibility index (Phi) is 3.63. The molecule has 0 fully saturated rings. The molecule has 2 heterocycles. The topological polar surface area (TPSA) is 47.8 Å². The van der Waals surface area contributed by atoms with Crippen molar-refractivity contribution in [1.82, 2.24) is 14.5 Å². The standard InChI is InChI=1S/C20H15N3O/c24-20-18-3-1-2-4-19(18)22-14-23(20)13-15-5-7-16(8-6-15)17-9-11-21-12-10-17/h1-12,14H,13H2. The van der Waals surface area contributed by atoms with Gasteiger partial charge < -0.3 is 0 Å². The smallest absolute Gasteiger partial charge is 0.261 e. The van der Waals surface area contributed by atoms with Crippen LogP contribution in [-0.4, -0.2) is 14.5 Å². The van der Waals surface area contributed by atoms with Crippen LogP contribution in [0.15, 0.2) is 84.2 Å². The maximum atomic E-state index is 12.5. The summed E-state index contributed by atoms with van der Waals surface area (Å²) in [6.45, 7) is 0.507. The highest BCUT2D eigenvalue weighted by atomic mass is 16.1. The lowest BCUT2D eigenvalue weighted by Crippen LogP contribution is -2.21. The minimum Gasteiger partial charge on any atom is -0.294 e. The molecule has 0 aliphatic rings. The highest BCUT2D eigenvalue weighted by molar-refractivity contribution is 5.76. The molecule has 0 atom stereocenters. The molecule has 0 saturated carbocycles. The van der Waals surface area contributed by atoms with Crippen LogP contribution in [-0.2, 0) is 6.54 Å². The van der Waals surface area contributed by atoms with Crippen LogP contribution in [0.5, 0.6) is 0 Å². The lowest BCUT2D eigenvalue weighted by molar-refractivity contribution is 0.748. The van der Waals surface area contributed by atoms with Gasteiger partial charge in [-0.25, -0.2) is 4.98 Å². The van der Waals surface area contributed by atoms with Crippen LogP contribution in [0.3, 0.4) is 0 Å². The molecule has 4 rings (SSSR count). The molecule has 116 valence electrons. The number of rotatable bonds is 3. The van der Waals surface area contributed by atoms with Crippen molar-refractivity contribution in [3.8, 4) is 11.1 Å². The Morgan fingerprint density at radius 2 is 1.54 bits per heavy atom. The van der Waals surface area contributed by atoms with Gasteiger partial charge >= 0.3 is 0 Å². The number of pyridine rings is 1. The first-order valence-electron chi connectivity index (χ1n) is 7.75. The molecule has 0 unspecified atom stereocenters. The second-order valence-corrected chi connectivity index (χ2v) is 5.63. The molecular formula is C20H15N3O. The monoisotopic (exact) mass is 313 g/mol. The number of fused-ring (bicyclic) bond motifs is 1. The molecule has 4 aromatic rings. The summed E-state index contributed by atoms with van der Waals surface area (Å²) in [6, 6.07) is 19.6. The summed E-state index contributed by atoms with van der Waals surface area (Å²) in [5.41, 5.74) is 4.03. The van der Waals surface area contributed by atoms with Gasteiger partial charge in [-0.2, -0.15) is 0 Å². The van der Waals surface area contributed by atoms with Crippen molar-refractivity contribution in [1.29, 1.82) is 0 Å². The third-order valence-electron chi connectivity index (χ3n) is 4.05. The van der Waals surface area contributed by atoms with E-state index in [1.54, 1.807) is 23.3 Å². The van der Waals surface area contributed by atoms with Gasteiger partial charge in [-0.1, -0.05) is 36.4 Å². The van der Waals surface area contributed by atoms with Crippen LogP contribution in [0.2, 0.25) is 0 Å². The Bertz CT molecular complexity index is 1040. The quantitative estimate of drug-likeness (QED) is 0.581. The summed E-state index contributed by atoms with van der Waals surface area (Å²) >= 11 is 0. The van der Waals surface area contributed by atoms with E-state index in [9.17, 15) is 4.79 Å². The zero-order valence-electron chi connectivity index (χ0n) is 13.0. The molecule has 0 aliphatic heterocycles. The van der Waals surface area contributed by atoms with E-state index in [1.807, 2.05) is 48.5 Å². The van der Waals surface area contributed by atoms with E-state index in [0.29, 0.717) is 11.9 Å². The average molecular weight is 313 g/mol. The number of aromatic nitrogens is 3. The number of nitrogens with zero attached hydrogens (tertiary/aromatic N) is 3. The molecule has 0 bridgehead atoms. The molecule has 24 heavy (non-hydrogen) atoms. The molecule has 2 aromatic heterocycles. The second-order valence-electron chi connectivity index (χ2n) is 5.63. The zero-order valence-corrected chi connectivity index (χ0v) is 13.0. The molecule has 0 radical (unpaired) electrons. The molecule has 2 aromatic carbocycles. The Morgan fingerprint density at radius 3 is 2.33 bits per heavy atom. The lowest BCUT2D eigenvalue weighted by atomic mass is 10.1. The van der Waals surface area contributed by atoms with Gasteiger partial charge in [0.2, 0.25) is 0 Å². The van der Waals surface area contributed by atoms with Crippen molar-refractivity contribution in [3.63, 3.8) is 0 Å². The van der Waals surface area contributed by atoms with E-state index < -0.39 is 0 Å². The van der Waals surface area contributed by atoms with Crippen LogP contribution in [0.25, 0.3) is 22.0 Å². The van der Waals surface area contributed by atoms with Gasteiger partial charge in [0.25, 0.3) is 5.56 Å². The Labute approximate surface area is 139 Å². The fourth-order valence-corrected chi connectivity index (χ4v) is 2.76. The molecule has 0 aliphatic carbocycles. The van der Waals surface area contributed by atoms with Gasteiger partial charge in [0.15, 0.2) is 0 Å². The first kappa shape index (κ1) is 14.3. The first-order valence-corrected chi connectivity index (χ1v) is 7.75. The summed E-state index contributed by atoms with van der Waals surface area (Å²) in [7, 11) is 0. The molecule has 0 spiro atoms. The fraction of sp³-hybridized carbons (Fsp3) is 0.0500. The summed E-state index contributed by atoms with van der Waals surface area (Å²) in [5.74, 6) is 0. The minimum atomic E-state index is -0.0150. The van der Waals surface area contributed by atoms with Crippen molar-refractivity contribution in [3.05, 3.63) is 95.3 Å². The van der Waals surface area contributed by atoms with Crippen molar-refractivity contribution < 1.29 is 0 Å². The largest absolute Gasteiger partial charge is 0.294 e. The third-order valence-corrected chi connectivity index (χ3v) is 4.05. The van der Waals surface area contributed by atoms with Crippen LogP contribution < -0.4 is 5.56 Å². The summed E-state index contributed by atoms with van der Waals surface area (Å²) < 4.78 is 1.64. The number of hydrogen-bond donors (Lipinski definition) is 0. The Hall–Kier alpha value is -3.27. The van der Waals surface area contributed by atoms with Crippen LogP contribution >= 0.6 is 0 Å². The van der Waals surface area contributed by atoms with Gasteiger partial charge in [0, 0.05) is 12.4 Å². The molecular weight excluding hydrogens is 298 g/mol. The lowest BCUT2D eigenvalue weighted by Gasteiger charge is -2.08. The number of hydrogen-bond acceptors (Lipinski definition) is 3. The van der Waals surface area contributed by atoms with Gasteiger partial charge in [-0.15, -0.1) is 0 Å². The number of benzene rings is 2. The Balaban J connectivity index is 1.64. The van der Waals surface area contributed by atoms with Crippen LogP contribution in [0.4, 0.5) is 0 Å². The van der Waals surface area contributed by atoms with Crippen molar-refractivity contribution in [2.75, 3.05) is 0 Å². The summed E-state index contributed by atoms with van der Waals surface area (Å²) in [4.78, 5) is 20.9. The highest BCUT2D eigenvalue weighted by Crippen LogP contribution is 2.19. The average Bonchev–Trinajstić information content (AvgIpc) is 2.66. The zero-order chi connectivity index (χ0) is 16.4. The highest BCUT2D eigenvalue weighted by Gasteiger charge is 2.04. The van der Waals surface area contributed by atoms with Crippen molar-refractivity contribution in [2.45, 2.75) is 6.54 Å². The SMILES string of the molecule is O=c1c2ccccc2ncn1Cc1ccc(-c2ccncc2)cc1. The van der Waals surface area contributed by atoms with E-state index in [0.717, 1.165) is 22.2 Å². The predicted octanol–water partition coefficient (Wildman–Crippen LogP) is 3.51. The molecule has 4 nitrogen and oxygen atoms in total. The van der Waals surface area contributed by atoms with Gasteiger partial charge in [-0.05, 0) is 41.0 Å². The van der Waals surface area contributed by atoms with Gasteiger partial charge in [0.1, 0.15) is 0 Å². The van der Waals surface area contributed by atoms with E-state index in [1.165, 1.54) is 0 Å². The molecule has 0 N–H and O–H groups in total. The van der Waals surface area contributed by atoms with Crippen molar-refractivity contribution >= 4 is 10.9 Å². The van der Waals surface area contributed by atoms with E-state index in [2.05, 4.69) is 22.1 Å². The first-order chi connectivity index (χ1) is 11.8. The normalized spacial score (nSPS) is 10.8. The minimum absolute atomic E-state index is 0.0150. The summed E-state index contributed by atoms with van der Waals surface area (Å²) in [5, 5.41) is 0.647. The molecule has 0 saturated heterocycles. The Morgan fingerprint density at radius 1 is 0.833 bits per heavy atom. The fourth-order valence-electron chi connectivity index (χ4n) is 2.76. The maximum absolute atomic E-state index is 12.5. The van der Waals surface area contributed by atoms with Crippen LogP contribution in [0.1, 0.15) is 5.56 Å². The summed E-state index contributed by atoms with van der Waals surface area (Å²) in [6.07, 6.45) is 5.18. The van der Waals surface area contributed by atoms with Gasteiger partial charge in [-0.3, -0.25) is 14.3 Å². The molecule has 0 amide bonds. The van der Waals surface area contributed by atoms with E-state index in [-0.39, 0.29) is 5.56 Å². The van der Waals surface area contributed by atoms with E-state index >= 15 is 0 Å². The molecule has 4 heteroatoms. The van der Waals surface area contributed by atoms with Gasteiger partial charge in [0.05, 0.1) is 23.8 Å².